The summed E-state index contributed by atoms with van der Waals surface area (Å²) in [6, 6.07) is 0. The molecule has 0 saturated heterocycles. The summed E-state index contributed by atoms with van der Waals surface area (Å²) in [7, 11) is 0. The second-order valence-corrected chi connectivity index (χ2v) is 7.44. The van der Waals surface area contributed by atoms with Gasteiger partial charge in [0, 0.05) is 0 Å². The van der Waals surface area contributed by atoms with Crippen molar-refractivity contribution in [3.8, 4) is 0 Å². The normalized spacial score (nSPS) is 14.2. The standard InChI is InChI=1S/C23H42/c1-3-5-7-9-11-13-15-18-22-20-17-21-23(22)19-16-14-12-10-8-6-4-2/h20-21H,3-19H2,1-2H3. The molecule has 0 bridgehead atoms. The Balaban J connectivity index is 1.99. The van der Waals surface area contributed by atoms with Crippen molar-refractivity contribution >= 4 is 0 Å². The molecule has 0 spiro atoms. The number of hydrogen-bond donors (Lipinski definition) is 0. The maximum atomic E-state index is 2.49. The Hall–Kier alpha value is -0.520. The number of hydrogen-bond acceptors (Lipinski definition) is 0. The number of rotatable bonds is 16. The highest BCUT2D eigenvalue weighted by Crippen LogP contribution is 2.29. The summed E-state index contributed by atoms with van der Waals surface area (Å²) >= 11 is 0. The van der Waals surface area contributed by atoms with Gasteiger partial charge in [0.05, 0.1) is 0 Å². The molecule has 134 valence electrons. The molecule has 0 aromatic carbocycles. The van der Waals surface area contributed by atoms with Crippen molar-refractivity contribution in [2.45, 2.75) is 123 Å². The van der Waals surface area contributed by atoms with Crippen molar-refractivity contribution in [1.29, 1.82) is 0 Å². The Morgan fingerprint density at radius 1 is 0.522 bits per heavy atom. The largest absolute Gasteiger partial charge is 0.0772 e. The van der Waals surface area contributed by atoms with Gasteiger partial charge in [0.2, 0.25) is 0 Å². The lowest BCUT2D eigenvalue weighted by molar-refractivity contribution is 0.582. The minimum Gasteiger partial charge on any atom is -0.0772 e. The molecule has 0 amide bonds. The summed E-state index contributed by atoms with van der Waals surface area (Å²) < 4.78 is 0. The van der Waals surface area contributed by atoms with Crippen LogP contribution in [-0.4, -0.2) is 0 Å². The number of allylic oxidation sites excluding steroid dienone is 4. The van der Waals surface area contributed by atoms with Gasteiger partial charge in [-0.25, -0.2) is 0 Å². The zero-order valence-electron chi connectivity index (χ0n) is 16.2. The molecule has 0 radical (unpaired) electrons. The predicted octanol–water partition coefficient (Wildman–Crippen LogP) is 8.52. The average Bonchev–Trinajstić information content (AvgIpc) is 3.00. The number of unbranched alkanes of at least 4 members (excludes halogenated alkanes) is 12. The summed E-state index contributed by atoms with van der Waals surface area (Å²) in [4.78, 5) is 0. The molecule has 23 heavy (non-hydrogen) atoms. The quantitative estimate of drug-likeness (QED) is 0.250. The minimum absolute atomic E-state index is 1.21. The molecule has 0 aliphatic heterocycles. The third kappa shape index (κ3) is 10.8. The SMILES string of the molecule is CCCCCCCCCC1=CCC=C1CCCCCCCCC. The average molecular weight is 319 g/mol. The summed E-state index contributed by atoms with van der Waals surface area (Å²) in [5.41, 5.74) is 3.40. The first-order valence-corrected chi connectivity index (χ1v) is 10.8. The second kappa shape index (κ2) is 15.0. The van der Waals surface area contributed by atoms with Crippen LogP contribution in [0.1, 0.15) is 123 Å². The van der Waals surface area contributed by atoms with Crippen LogP contribution in [0.4, 0.5) is 0 Å². The molecule has 0 atom stereocenters. The summed E-state index contributed by atoms with van der Waals surface area (Å²) in [6.07, 6.45) is 28.8. The smallest absolute Gasteiger partial charge is 0.0157 e. The fourth-order valence-corrected chi connectivity index (χ4v) is 3.68. The van der Waals surface area contributed by atoms with Crippen LogP contribution in [0.25, 0.3) is 0 Å². The second-order valence-electron chi connectivity index (χ2n) is 7.44. The summed E-state index contributed by atoms with van der Waals surface area (Å²) in [6.45, 7) is 4.59. The van der Waals surface area contributed by atoms with Crippen molar-refractivity contribution in [2.75, 3.05) is 0 Å². The van der Waals surface area contributed by atoms with Crippen LogP contribution in [0.3, 0.4) is 0 Å². The van der Waals surface area contributed by atoms with Gasteiger partial charge in [-0.15, -0.1) is 0 Å². The maximum absolute atomic E-state index is 2.49. The van der Waals surface area contributed by atoms with E-state index in [4.69, 9.17) is 0 Å². The molecule has 0 N–H and O–H groups in total. The first kappa shape index (κ1) is 20.5. The van der Waals surface area contributed by atoms with E-state index in [2.05, 4.69) is 26.0 Å². The zero-order valence-corrected chi connectivity index (χ0v) is 16.2. The van der Waals surface area contributed by atoms with Crippen LogP contribution in [-0.2, 0) is 0 Å². The third-order valence-corrected chi connectivity index (χ3v) is 5.24. The zero-order chi connectivity index (χ0) is 16.6. The Kier molecular flexibility index (Phi) is 13.4. The molecule has 0 aromatic heterocycles. The first-order valence-electron chi connectivity index (χ1n) is 10.8. The van der Waals surface area contributed by atoms with E-state index in [0.717, 1.165) is 0 Å². The van der Waals surface area contributed by atoms with E-state index in [1.807, 2.05) is 0 Å². The van der Waals surface area contributed by atoms with Crippen LogP contribution in [0.2, 0.25) is 0 Å². The molecule has 0 fully saturated rings. The van der Waals surface area contributed by atoms with Gasteiger partial charge in [-0.2, -0.15) is 0 Å². The lowest BCUT2D eigenvalue weighted by atomic mass is 9.97. The summed E-state index contributed by atoms with van der Waals surface area (Å²) in [5.74, 6) is 0. The van der Waals surface area contributed by atoms with Crippen molar-refractivity contribution in [2.24, 2.45) is 0 Å². The first-order chi connectivity index (χ1) is 11.4. The molecule has 0 nitrogen and oxygen atoms in total. The van der Waals surface area contributed by atoms with E-state index in [0.29, 0.717) is 0 Å². The van der Waals surface area contributed by atoms with Crippen molar-refractivity contribution in [3.63, 3.8) is 0 Å². The molecule has 1 aliphatic carbocycles. The van der Waals surface area contributed by atoms with E-state index in [1.54, 1.807) is 11.1 Å². The predicted molar refractivity (Wildman–Crippen MR) is 106 cm³/mol. The van der Waals surface area contributed by atoms with Gasteiger partial charge in [-0.1, -0.05) is 103 Å². The Labute approximate surface area is 146 Å². The van der Waals surface area contributed by atoms with E-state index in [9.17, 15) is 0 Å². The van der Waals surface area contributed by atoms with Crippen molar-refractivity contribution in [1.82, 2.24) is 0 Å². The van der Waals surface area contributed by atoms with E-state index < -0.39 is 0 Å². The monoisotopic (exact) mass is 318 g/mol. The van der Waals surface area contributed by atoms with Crippen LogP contribution in [0.5, 0.6) is 0 Å². The molecule has 1 aliphatic rings. The molecule has 0 heteroatoms. The fourth-order valence-electron chi connectivity index (χ4n) is 3.68. The molecule has 0 unspecified atom stereocenters. The Morgan fingerprint density at radius 3 is 1.26 bits per heavy atom. The van der Waals surface area contributed by atoms with Gasteiger partial charge in [0.15, 0.2) is 0 Å². The van der Waals surface area contributed by atoms with Crippen molar-refractivity contribution < 1.29 is 0 Å². The van der Waals surface area contributed by atoms with Gasteiger partial charge in [0.25, 0.3) is 0 Å². The van der Waals surface area contributed by atoms with Crippen LogP contribution in [0.15, 0.2) is 23.3 Å². The van der Waals surface area contributed by atoms with Gasteiger partial charge in [0.1, 0.15) is 0 Å². The minimum atomic E-state index is 1.21. The molecule has 0 saturated carbocycles. The van der Waals surface area contributed by atoms with Gasteiger partial charge in [-0.3, -0.25) is 0 Å². The summed E-state index contributed by atoms with van der Waals surface area (Å²) in [5, 5.41) is 0. The Bertz CT molecular complexity index is 289. The molecule has 0 heterocycles. The molecule has 0 aromatic rings. The van der Waals surface area contributed by atoms with Crippen molar-refractivity contribution in [3.05, 3.63) is 23.3 Å². The van der Waals surface area contributed by atoms with Gasteiger partial charge in [-0.05, 0) is 43.3 Å². The lowest BCUT2D eigenvalue weighted by Gasteiger charge is -2.09. The van der Waals surface area contributed by atoms with E-state index >= 15 is 0 Å². The highest BCUT2D eigenvalue weighted by Gasteiger charge is 2.09. The highest BCUT2D eigenvalue weighted by atomic mass is 14.1. The van der Waals surface area contributed by atoms with Crippen LogP contribution < -0.4 is 0 Å². The van der Waals surface area contributed by atoms with E-state index in [-0.39, 0.29) is 0 Å². The molecular weight excluding hydrogens is 276 g/mol. The fraction of sp³-hybridized carbons (Fsp3) is 0.826. The third-order valence-electron chi connectivity index (χ3n) is 5.24. The van der Waals surface area contributed by atoms with Gasteiger partial charge >= 0.3 is 0 Å². The molecular formula is C23H42. The van der Waals surface area contributed by atoms with Crippen LogP contribution >= 0.6 is 0 Å². The lowest BCUT2D eigenvalue weighted by Crippen LogP contribution is -1.90. The van der Waals surface area contributed by atoms with Crippen LogP contribution in [0, 0.1) is 0 Å². The Morgan fingerprint density at radius 2 is 0.870 bits per heavy atom. The topological polar surface area (TPSA) is 0 Å². The molecule has 1 rings (SSSR count). The van der Waals surface area contributed by atoms with E-state index in [1.165, 1.54) is 109 Å². The highest BCUT2D eigenvalue weighted by molar-refractivity contribution is 5.36. The van der Waals surface area contributed by atoms with Gasteiger partial charge < -0.3 is 0 Å². The maximum Gasteiger partial charge on any atom is -0.0157 e.